The first-order valence-electron chi connectivity index (χ1n) is 11.7. The number of halogens is 3. The molecule has 3 aromatic carbocycles. The first-order valence-corrected chi connectivity index (χ1v) is 11.7. The van der Waals surface area contributed by atoms with Crippen LogP contribution in [0, 0.1) is 13.8 Å². The number of urea groups is 1. The van der Waals surface area contributed by atoms with Crippen molar-refractivity contribution in [1.29, 1.82) is 0 Å². The molecule has 0 aliphatic carbocycles. The number of nitrogens with zero attached hydrogens (tertiary/aromatic N) is 2. The van der Waals surface area contributed by atoms with Crippen LogP contribution in [0.3, 0.4) is 0 Å². The Morgan fingerprint density at radius 3 is 2.33 bits per heavy atom. The third kappa shape index (κ3) is 6.16. The molecule has 0 fully saturated rings. The second-order valence-corrected chi connectivity index (χ2v) is 8.84. The fourth-order valence-corrected chi connectivity index (χ4v) is 4.07. The van der Waals surface area contributed by atoms with Crippen LogP contribution in [0.15, 0.2) is 91.1 Å². The number of benzene rings is 3. The molecule has 0 aliphatic heterocycles. The monoisotopic (exact) mass is 491 g/mol. The van der Waals surface area contributed by atoms with Gasteiger partial charge in [0.1, 0.15) is 0 Å². The highest BCUT2D eigenvalue weighted by Crippen LogP contribution is 2.30. The Kier molecular flexibility index (Phi) is 7.48. The minimum Gasteiger partial charge on any atom is -0.345 e. The van der Waals surface area contributed by atoms with Gasteiger partial charge in [0.2, 0.25) is 0 Å². The Balaban J connectivity index is 1.57. The van der Waals surface area contributed by atoms with Crippen molar-refractivity contribution >= 4 is 11.7 Å². The lowest BCUT2D eigenvalue weighted by Gasteiger charge is -2.25. The van der Waals surface area contributed by atoms with Crippen molar-refractivity contribution < 1.29 is 18.0 Å². The van der Waals surface area contributed by atoms with Gasteiger partial charge in [-0.25, -0.2) is 4.79 Å². The molecule has 0 unspecified atom stereocenters. The first-order chi connectivity index (χ1) is 17.2. The van der Waals surface area contributed by atoms with Gasteiger partial charge >= 0.3 is 12.2 Å². The Morgan fingerprint density at radius 2 is 1.58 bits per heavy atom. The number of carbonyl (C=O) groups excluding carboxylic acids is 1. The smallest absolute Gasteiger partial charge is 0.345 e. The van der Waals surface area contributed by atoms with Gasteiger partial charge in [-0.05, 0) is 66.4 Å². The highest BCUT2D eigenvalue weighted by atomic mass is 19.4. The maximum absolute atomic E-state index is 13.4. The molecule has 4 nitrogen and oxygen atoms in total. The number of hydrogen-bond donors (Lipinski definition) is 1. The zero-order chi connectivity index (χ0) is 25.7. The number of amides is 2. The zero-order valence-electron chi connectivity index (χ0n) is 20.2. The molecule has 7 heteroatoms. The van der Waals surface area contributed by atoms with Gasteiger partial charge in [-0.15, -0.1) is 0 Å². The molecule has 0 saturated heterocycles. The lowest BCUT2D eigenvalue weighted by Crippen LogP contribution is -2.35. The summed E-state index contributed by atoms with van der Waals surface area (Å²) < 4.78 is 41.4. The van der Waals surface area contributed by atoms with E-state index >= 15 is 0 Å². The minimum atomic E-state index is -4.39. The van der Waals surface area contributed by atoms with Crippen molar-refractivity contribution in [3.05, 3.63) is 125 Å². The molecule has 0 spiro atoms. The molecular weight excluding hydrogens is 463 g/mol. The highest BCUT2D eigenvalue weighted by Gasteiger charge is 2.30. The zero-order valence-corrected chi connectivity index (χ0v) is 20.2. The number of anilines is 1. The van der Waals surface area contributed by atoms with Crippen molar-refractivity contribution in [3.8, 4) is 0 Å². The predicted octanol–water partition coefficient (Wildman–Crippen LogP) is 7.41. The number of aromatic nitrogens is 1. The van der Waals surface area contributed by atoms with Gasteiger partial charge in [-0.1, -0.05) is 54.6 Å². The summed E-state index contributed by atoms with van der Waals surface area (Å²) in [6.07, 6.45) is -2.58. The molecule has 1 aromatic heterocycles. The summed E-state index contributed by atoms with van der Waals surface area (Å²) in [5.41, 5.74) is 4.49. The van der Waals surface area contributed by atoms with Gasteiger partial charge in [0.05, 0.1) is 12.1 Å². The summed E-state index contributed by atoms with van der Waals surface area (Å²) in [5, 5.41) is 3.03. The van der Waals surface area contributed by atoms with Gasteiger partial charge in [-0.3, -0.25) is 0 Å². The SMILES string of the molecule is Cc1cccc(NC(=O)N(Cc2ccccc2)Cc2cccn2Cc2cccc(C(F)(F)F)c2)c1C. The van der Waals surface area contributed by atoms with Crippen LogP contribution in [-0.4, -0.2) is 15.5 Å². The molecule has 2 amide bonds. The lowest BCUT2D eigenvalue weighted by molar-refractivity contribution is -0.137. The highest BCUT2D eigenvalue weighted by molar-refractivity contribution is 5.90. The van der Waals surface area contributed by atoms with Crippen LogP contribution >= 0.6 is 0 Å². The van der Waals surface area contributed by atoms with Crippen LogP contribution in [0.25, 0.3) is 0 Å². The van der Waals surface area contributed by atoms with Crippen LogP contribution in [0.4, 0.5) is 23.7 Å². The van der Waals surface area contributed by atoms with E-state index in [0.29, 0.717) is 12.1 Å². The normalized spacial score (nSPS) is 11.4. The van der Waals surface area contributed by atoms with Crippen LogP contribution < -0.4 is 5.32 Å². The van der Waals surface area contributed by atoms with E-state index in [2.05, 4.69) is 5.32 Å². The van der Waals surface area contributed by atoms with Gasteiger partial charge in [0.25, 0.3) is 0 Å². The summed E-state index contributed by atoms with van der Waals surface area (Å²) in [4.78, 5) is 15.1. The Morgan fingerprint density at radius 1 is 0.861 bits per heavy atom. The molecule has 0 bridgehead atoms. The summed E-state index contributed by atoms with van der Waals surface area (Å²) in [7, 11) is 0. The number of rotatable bonds is 7. The van der Waals surface area contributed by atoms with Crippen LogP contribution in [0.5, 0.6) is 0 Å². The Labute approximate surface area is 209 Å². The van der Waals surface area contributed by atoms with Crippen LogP contribution in [0.1, 0.15) is 33.5 Å². The van der Waals surface area contributed by atoms with E-state index < -0.39 is 11.7 Å². The van der Waals surface area contributed by atoms with Gasteiger partial charge in [0.15, 0.2) is 0 Å². The van der Waals surface area contributed by atoms with Crippen molar-refractivity contribution in [2.75, 3.05) is 5.32 Å². The van der Waals surface area contributed by atoms with E-state index in [-0.39, 0.29) is 19.1 Å². The van der Waals surface area contributed by atoms with Crippen molar-refractivity contribution in [1.82, 2.24) is 9.47 Å². The maximum Gasteiger partial charge on any atom is 0.416 e. The molecular formula is C29H28F3N3O. The van der Waals surface area contributed by atoms with Crippen LogP contribution in [0.2, 0.25) is 0 Å². The van der Waals surface area contributed by atoms with E-state index in [0.717, 1.165) is 34.1 Å². The van der Waals surface area contributed by atoms with Gasteiger partial charge in [0, 0.05) is 30.7 Å². The molecule has 4 rings (SSSR count). The number of aryl methyl sites for hydroxylation is 1. The molecule has 0 atom stereocenters. The fraction of sp³-hybridized carbons (Fsp3) is 0.207. The molecule has 0 saturated carbocycles. The molecule has 1 N–H and O–H groups in total. The second kappa shape index (κ2) is 10.7. The summed E-state index contributed by atoms with van der Waals surface area (Å²) in [5.74, 6) is 0. The summed E-state index contributed by atoms with van der Waals surface area (Å²) in [6.45, 7) is 4.90. The van der Waals surface area contributed by atoms with E-state index in [1.54, 1.807) is 11.0 Å². The average Bonchev–Trinajstić information content (AvgIpc) is 3.28. The number of hydrogen-bond acceptors (Lipinski definition) is 1. The minimum absolute atomic E-state index is 0.251. The van der Waals surface area contributed by atoms with E-state index in [1.165, 1.54) is 12.1 Å². The molecule has 0 radical (unpaired) electrons. The third-order valence-corrected chi connectivity index (χ3v) is 6.23. The van der Waals surface area contributed by atoms with E-state index in [4.69, 9.17) is 0 Å². The first kappa shape index (κ1) is 25.1. The van der Waals surface area contributed by atoms with Crippen molar-refractivity contribution in [2.24, 2.45) is 0 Å². The lowest BCUT2D eigenvalue weighted by atomic mass is 10.1. The number of nitrogens with one attached hydrogen (secondary N) is 1. The quantitative estimate of drug-likeness (QED) is 0.287. The molecule has 1 heterocycles. The van der Waals surface area contributed by atoms with E-state index in [9.17, 15) is 18.0 Å². The summed E-state index contributed by atoms with van der Waals surface area (Å²) >= 11 is 0. The molecule has 36 heavy (non-hydrogen) atoms. The Hall–Kier alpha value is -4.00. The standard InChI is InChI=1S/C29H28F3N3O/c1-21-9-6-15-27(22(21)2)33-28(36)35(18-23-10-4-3-5-11-23)20-26-14-8-16-34(26)19-24-12-7-13-25(17-24)29(30,31)32/h3-17H,18-20H2,1-2H3,(H,33,36). The second-order valence-electron chi connectivity index (χ2n) is 8.84. The van der Waals surface area contributed by atoms with Gasteiger partial charge < -0.3 is 14.8 Å². The fourth-order valence-electron chi connectivity index (χ4n) is 4.07. The molecule has 186 valence electrons. The number of carbonyl (C=O) groups is 1. The Bertz CT molecular complexity index is 1330. The molecule has 0 aliphatic rings. The largest absolute Gasteiger partial charge is 0.416 e. The van der Waals surface area contributed by atoms with Crippen molar-refractivity contribution in [2.45, 2.75) is 39.7 Å². The van der Waals surface area contributed by atoms with Crippen molar-refractivity contribution in [3.63, 3.8) is 0 Å². The summed E-state index contributed by atoms with van der Waals surface area (Å²) in [6, 6.07) is 24.3. The average molecular weight is 492 g/mol. The maximum atomic E-state index is 13.4. The number of alkyl halides is 3. The van der Waals surface area contributed by atoms with Gasteiger partial charge in [-0.2, -0.15) is 13.2 Å². The third-order valence-electron chi connectivity index (χ3n) is 6.23. The predicted molar refractivity (Wildman–Crippen MR) is 136 cm³/mol. The topological polar surface area (TPSA) is 37.3 Å². The van der Waals surface area contributed by atoms with Crippen LogP contribution in [-0.2, 0) is 25.8 Å². The molecule has 4 aromatic rings. The van der Waals surface area contributed by atoms with E-state index in [1.807, 2.05) is 85.3 Å².